The standard InChI is InChI=1S/C9H12BrNS/c1-6-5-11-8(4-10)7(2)9(6)12-3/h5H,4H2,1-3H3. The lowest BCUT2D eigenvalue weighted by Gasteiger charge is -2.09. The summed E-state index contributed by atoms with van der Waals surface area (Å²) >= 11 is 5.22. The van der Waals surface area contributed by atoms with Gasteiger partial charge in [-0.3, -0.25) is 4.98 Å². The average molecular weight is 246 g/mol. The van der Waals surface area contributed by atoms with Crippen LogP contribution in [-0.2, 0) is 5.33 Å². The van der Waals surface area contributed by atoms with E-state index in [4.69, 9.17) is 0 Å². The minimum absolute atomic E-state index is 0.840. The topological polar surface area (TPSA) is 12.9 Å². The molecule has 1 nitrogen and oxygen atoms in total. The van der Waals surface area contributed by atoms with Crippen LogP contribution < -0.4 is 0 Å². The van der Waals surface area contributed by atoms with Crippen molar-refractivity contribution in [1.82, 2.24) is 4.98 Å². The molecule has 0 unspecified atom stereocenters. The van der Waals surface area contributed by atoms with Crippen molar-refractivity contribution in [1.29, 1.82) is 0 Å². The third kappa shape index (κ3) is 1.83. The zero-order valence-corrected chi connectivity index (χ0v) is 9.92. The number of pyridine rings is 1. The second-order valence-corrected chi connectivity index (χ2v) is 4.06. The molecule has 3 heteroatoms. The van der Waals surface area contributed by atoms with E-state index in [1.165, 1.54) is 16.0 Å². The number of halogens is 1. The molecule has 0 atom stereocenters. The summed E-state index contributed by atoms with van der Waals surface area (Å²) < 4.78 is 0. The van der Waals surface area contributed by atoms with Gasteiger partial charge in [0.25, 0.3) is 0 Å². The number of aromatic nitrogens is 1. The molecule has 0 fully saturated rings. The monoisotopic (exact) mass is 245 g/mol. The molecular formula is C9H12BrNS. The van der Waals surface area contributed by atoms with E-state index in [0.717, 1.165) is 11.0 Å². The Hall–Kier alpha value is -0.0200. The maximum absolute atomic E-state index is 4.34. The summed E-state index contributed by atoms with van der Waals surface area (Å²) in [5.74, 6) is 0. The van der Waals surface area contributed by atoms with Crippen molar-refractivity contribution >= 4 is 27.7 Å². The minimum Gasteiger partial charge on any atom is -0.260 e. The van der Waals surface area contributed by atoms with Gasteiger partial charge in [-0.1, -0.05) is 15.9 Å². The summed E-state index contributed by atoms with van der Waals surface area (Å²) in [6.07, 6.45) is 4.04. The summed E-state index contributed by atoms with van der Waals surface area (Å²) in [5, 5.41) is 0.840. The van der Waals surface area contributed by atoms with Crippen LogP contribution in [0.25, 0.3) is 0 Å². The first-order chi connectivity index (χ1) is 5.70. The van der Waals surface area contributed by atoms with Gasteiger partial charge in [0.1, 0.15) is 0 Å². The van der Waals surface area contributed by atoms with Crippen LogP contribution in [0.4, 0.5) is 0 Å². The van der Waals surface area contributed by atoms with Crippen molar-refractivity contribution in [2.24, 2.45) is 0 Å². The number of hydrogen-bond acceptors (Lipinski definition) is 2. The first kappa shape index (κ1) is 10.1. The molecule has 0 aliphatic carbocycles. The molecule has 1 aromatic heterocycles. The Morgan fingerprint density at radius 3 is 2.67 bits per heavy atom. The van der Waals surface area contributed by atoms with Crippen LogP contribution in [0.5, 0.6) is 0 Å². The van der Waals surface area contributed by atoms with Crippen LogP contribution in [0.1, 0.15) is 16.8 Å². The van der Waals surface area contributed by atoms with Gasteiger partial charge in [0.05, 0.1) is 5.69 Å². The fraction of sp³-hybridized carbons (Fsp3) is 0.444. The van der Waals surface area contributed by atoms with E-state index < -0.39 is 0 Å². The molecule has 0 amide bonds. The lowest BCUT2D eigenvalue weighted by Crippen LogP contribution is -1.94. The van der Waals surface area contributed by atoms with Crippen LogP contribution in [-0.4, -0.2) is 11.2 Å². The van der Waals surface area contributed by atoms with Crippen LogP contribution in [0.2, 0.25) is 0 Å². The second kappa shape index (κ2) is 4.28. The molecule has 1 heterocycles. The third-order valence-electron chi connectivity index (χ3n) is 1.88. The molecule has 66 valence electrons. The highest BCUT2D eigenvalue weighted by Gasteiger charge is 2.06. The van der Waals surface area contributed by atoms with Gasteiger partial charge in [0.2, 0.25) is 0 Å². The van der Waals surface area contributed by atoms with Gasteiger partial charge in [0, 0.05) is 16.4 Å². The maximum Gasteiger partial charge on any atom is 0.0549 e. The quantitative estimate of drug-likeness (QED) is 0.586. The van der Waals surface area contributed by atoms with Crippen molar-refractivity contribution in [3.05, 3.63) is 23.0 Å². The average Bonchev–Trinajstić information content (AvgIpc) is 2.06. The fourth-order valence-corrected chi connectivity index (χ4v) is 2.57. The van der Waals surface area contributed by atoms with Crippen molar-refractivity contribution in [3.8, 4) is 0 Å². The molecule has 0 aliphatic heterocycles. The predicted molar refractivity (Wildman–Crippen MR) is 58.1 cm³/mol. The molecular weight excluding hydrogens is 234 g/mol. The Kier molecular flexibility index (Phi) is 3.59. The first-order valence-electron chi connectivity index (χ1n) is 3.75. The van der Waals surface area contributed by atoms with Crippen molar-refractivity contribution in [2.45, 2.75) is 24.1 Å². The number of alkyl halides is 1. The Balaban J connectivity index is 3.24. The van der Waals surface area contributed by atoms with Gasteiger partial charge < -0.3 is 0 Å². The summed E-state index contributed by atoms with van der Waals surface area (Å²) in [5.41, 5.74) is 3.72. The molecule has 0 saturated heterocycles. The Morgan fingerprint density at radius 2 is 2.17 bits per heavy atom. The number of thioether (sulfide) groups is 1. The molecule has 0 N–H and O–H groups in total. The summed E-state index contributed by atoms with van der Waals surface area (Å²) in [6.45, 7) is 4.23. The lowest BCUT2D eigenvalue weighted by atomic mass is 10.2. The SMILES string of the molecule is CSc1c(C)cnc(CBr)c1C. The first-order valence-corrected chi connectivity index (χ1v) is 6.10. The van der Waals surface area contributed by atoms with Gasteiger partial charge in [-0.25, -0.2) is 0 Å². The number of aryl methyl sites for hydroxylation is 1. The molecule has 0 aliphatic rings. The van der Waals surface area contributed by atoms with Gasteiger partial charge >= 0.3 is 0 Å². The minimum atomic E-state index is 0.840. The molecule has 1 rings (SSSR count). The molecule has 1 aromatic rings. The zero-order chi connectivity index (χ0) is 9.14. The lowest BCUT2D eigenvalue weighted by molar-refractivity contribution is 1.05. The Labute approximate surface area is 86.1 Å². The second-order valence-electron chi connectivity index (χ2n) is 2.68. The zero-order valence-electron chi connectivity index (χ0n) is 7.52. The van der Waals surface area contributed by atoms with E-state index in [9.17, 15) is 0 Å². The molecule has 0 radical (unpaired) electrons. The van der Waals surface area contributed by atoms with Crippen molar-refractivity contribution in [2.75, 3.05) is 6.26 Å². The molecule has 0 saturated carbocycles. The van der Waals surface area contributed by atoms with Gasteiger partial charge in [-0.05, 0) is 31.2 Å². The van der Waals surface area contributed by atoms with E-state index in [-0.39, 0.29) is 0 Å². The Morgan fingerprint density at radius 1 is 1.50 bits per heavy atom. The van der Waals surface area contributed by atoms with Crippen molar-refractivity contribution < 1.29 is 0 Å². The Bertz CT molecular complexity index is 286. The number of hydrogen-bond donors (Lipinski definition) is 0. The molecule has 0 spiro atoms. The molecule has 0 bridgehead atoms. The highest BCUT2D eigenvalue weighted by Crippen LogP contribution is 2.25. The highest BCUT2D eigenvalue weighted by atomic mass is 79.9. The maximum atomic E-state index is 4.34. The van der Waals surface area contributed by atoms with Crippen molar-refractivity contribution in [3.63, 3.8) is 0 Å². The molecule has 0 aromatic carbocycles. The van der Waals surface area contributed by atoms with Gasteiger partial charge in [0.15, 0.2) is 0 Å². The van der Waals surface area contributed by atoms with Crippen LogP contribution in [0.15, 0.2) is 11.1 Å². The van der Waals surface area contributed by atoms with E-state index in [1.807, 2.05) is 6.20 Å². The van der Waals surface area contributed by atoms with E-state index >= 15 is 0 Å². The van der Waals surface area contributed by atoms with Gasteiger partial charge in [-0.2, -0.15) is 0 Å². The fourth-order valence-electron chi connectivity index (χ4n) is 1.21. The van der Waals surface area contributed by atoms with Crippen LogP contribution >= 0.6 is 27.7 Å². The summed E-state index contributed by atoms with van der Waals surface area (Å²) in [4.78, 5) is 5.71. The molecule has 12 heavy (non-hydrogen) atoms. The largest absolute Gasteiger partial charge is 0.260 e. The van der Waals surface area contributed by atoms with Crippen LogP contribution in [0, 0.1) is 13.8 Å². The smallest absolute Gasteiger partial charge is 0.0549 e. The summed E-state index contributed by atoms with van der Waals surface area (Å²) in [7, 11) is 0. The normalized spacial score (nSPS) is 10.3. The third-order valence-corrected chi connectivity index (χ3v) is 3.44. The number of nitrogens with zero attached hydrogens (tertiary/aromatic N) is 1. The predicted octanol–water partition coefficient (Wildman–Crippen LogP) is 3.32. The highest BCUT2D eigenvalue weighted by molar-refractivity contribution is 9.08. The number of rotatable bonds is 2. The van der Waals surface area contributed by atoms with E-state index in [1.54, 1.807) is 11.8 Å². The van der Waals surface area contributed by atoms with E-state index in [0.29, 0.717) is 0 Å². The van der Waals surface area contributed by atoms with Crippen LogP contribution in [0.3, 0.4) is 0 Å². The van der Waals surface area contributed by atoms with E-state index in [2.05, 4.69) is 41.0 Å². The summed E-state index contributed by atoms with van der Waals surface area (Å²) in [6, 6.07) is 0. The van der Waals surface area contributed by atoms with Gasteiger partial charge in [-0.15, -0.1) is 11.8 Å².